The fraction of sp³-hybridized carbons (Fsp3) is 0.211. The van der Waals surface area contributed by atoms with Crippen molar-refractivity contribution in [2.45, 2.75) is 4.90 Å². The fourth-order valence-electron chi connectivity index (χ4n) is 2.97. The Morgan fingerprint density at radius 1 is 1.34 bits per heavy atom. The predicted octanol–water partition coefficient (Wildman–Crippen LogP) is 1.16. The normalized spacial score (nSPS) is 11.6. The van der Waals surface area contributed by atoms with Gasteiger partial charge in [-0.2, -0.15) is 28.3 Å². The number of non-ortho nitro benzene ring substituents is 1. The lowest BCUT2D eigenvalue weighted by Gasteiger charge is -2.23. The third-order valence-corrected chi connectivity index (χ3v) is 6.37. The van der Waals surface area contributed by atoms with Gasteiger partial charge in [0.1, 0.15) is 4.90 Å². The molecule has 32 heavy (non-hydrogen) atoms. The van der Waals surface area contributed by atoms with Crippen LogP contribution in [0.15, 0.2) is 52.7 Å². The first-order chi connectivity index (χ1) is 15.2. The first kappa shape index (κ1) is 22.7. The number of aromatic nitrogens is 2. The van der Waals surface area contributed by atoms with Crippen LogP contribution >= 0.6 is 0 Å². The van der Waals surface area contributed by atoms with Crippen LogP contribution in [0.3, 0.4) is 0 Å². The molecule has 0 fully saturated rings. The van der Waals surface area contributed by atoms with Crippen molar-refractivity contribution in [1.82, 2.24) is 14.0 Å². The van der Waals surface area contributed by atoms with Crippen LogP contribution in [0.5, 0.6) is 0 Å². The molecule has 0 aliphatic carbocycles. The number of nitriles is 1. The molecule has 0 atom stereocenters. The van der Waals surface area contributed by atoms with Crippen LogP contribution in [0.2, 0.25) is 0 Å². The average molecular weight is 456 g/mol. The Labute approximate surface area is 184 Å². The molecule has 0 bridgehead atoms. The molecule has 0 saturated carbocycles. The van der Waals surface area contributed by atoms with Crippen molar-refractivity contribution in [3.8, 4) is 6.07 Å². The number of anilines is 1. The van der Waals surface area contributed by atoms with E-state index in [1.165, 1.54) is 36.1 Å². The van der Waals surface area contributed by atoms with E-state index in [0.717, 1.165) is 10.5 Å². The van der Waals surface area contributed by atoms with Gasteiger partial charge in [-0.25, -0.2) is 4.52 Å². The average Bonchev–Trinajstić information content (AvgIpc) is 3.19. The van der Waals surface area contributed by atoms with Gasteiger partial charge in [-0.05, 0) is 18.2 Å². The highest BCUT2D eigenvalue weighted by Gasteiger charge is 2.27. The van der Waals surface area contributed by atoms with E-state index in [9.17, 15) is 18.5 Å². The van der Waals surface area contributed by atoms with Crippen LogP contribution < -0.4 is 10.6 Å². The Morgan fingerprint density at radius 3 is 2.75 bits per heavy atom. The Kier molecular flexibility index (Phi) is 6.37. The summed E-state index contributed by atoms with van der Waals surface area (Å²) >= 11 is 0. The molecule has 3 aromatic rings. The van der Waals surface area contributed by atoms with Gasteiger partial charge in [-0.3, -0.25) is 10.1 Å². The number of likely N-dealkylation sites (N-methyl/N-ethyl adjacent to an activating group) is 1. The quantitative estimate of drug-likeness (QED) is 0.300. The zero-order valence-electron chi connectivity index (χ0n) is 17.3. The van der Waals surface area contributed by atoms with Crippen molar-refractivity contribution in [2.75, 3.05) is 32.1 Å². The van der Waals surface area contributed by atoms with Crippen molar-refractivity contribution in [1.29, 1.82) is 5.26 Å². The van der Waals surface area contributed by atoms with Crippen LogP contribution in [-0.2, 0) is 10.0 Å². The molecule has 12 nitrogen and oxygen atoms in total. The van der Waals surface area contributed by atoms with Gasteiger partial charge in [0.15, 0.2) is 0 Å². The smallest absolute Gasteiger partial charge is 0.281 e. The fourth-order valence-corrected chi connectivity index (χ4v) is 4.18. The summed E-state index contributed by atoms with van der Waals surface area (Å²) in [7, 11) is -1.37. The highest BCUT2D eigenvalue weighted by molar-refractivity contribution is 7.89. The van der Waals surface area contributed by atoms with E-state index in [2.05, 4.69) is 10.2 Å². The van der Waals surface area contributed by atoms with Gasteiger partial charge < -0.3 is 10.6 Å². The lowest BCUT2D eigenvalue weighted by Crippen LogP contribution is -2.29. The Bertz CT molecular complexity index is 1340. The number of hydrazone groups is 1. The van der Waals surface area contributed by atoms with E-state index in [1.807, 2.05) is 6.07 Å². The lowest BCUT2D eigenvalue weighted by atomic mass is 10.2. The van der Waals surface area contributed by atoms with Crippen LogP contribution in [0.1, 0.15) is 11.1 Å². The number of pyridine rings is 1. The van der Waals surface area contributed by atoms with Gasteiger partial charge in [0.2, 0.25) is 0 Å². The van der Waals surface area contributed by atoms with Gasteiger partial charge in [0.05, 0.1) is 40.2 Å². The van der Waals surface area contributed by atoms with E-state index < -0.39 is 14.9 Å². The topological polar surface area (TPSA) is 163 Å². The summed E-state index contributed by atoms with van der Waals surface area (Å²) < 4.78 is 28.7. The number of hydrogen-bond donors (Lipinski definition) is 1. The second-order valence-electron chi connectivity index (χ2n) is 6.76. The van der Waals surface area contributed by atoms with Crippen LogP contribution in [0, 0.1) is 21.4 Å². The molecule has 0 spiro atoms. The molecule has 1 aromatic carbocycles. The van der Waals surface area contributed by atoms with Crippen molar-refractivity contribution in [2.24, 2.45) is 10.8 Å². The third-order valence-electron chi connectivity index (χ3n) is 4.70. The van der Waals surface area contributed by atoms with Gasteiger partial charge in [0.25, 0.3) is 15.7 Å². The first-order valence-corrected chi connectivity index (χ1v) is 10.7. The third kappa shape index (κ3) is 4.36. The minimum absolute atomic E-state index is 0.262. The molecule has 0 radical (unpaired) electrons. The number of hydrogen-bond acceptors (Lipinski definition) is 9. The molecular weight excluding hydrogens is 436 g/mol. The molecule has 0 aliphatic heterocycles. The molecule has 0 saturated heterocycles. The number of benzene rings is 1. The number of nitro benzene ring substituents is 1. The first-order valence-electron chi connectivity index (χ1n) is 9.29. The highest BCUT2D eigenvalue weighted by Crippen LogP contribution is 2.30. The molecular formula is C19H20N8O4S. The zero-order valence-corrected chi connectivity index (χ0v) is 18.1. The maximum atomic E-state index is 13.2. The number of rotatable bonds is 8. The van der Waals surface area contributed by atoms with Gasteiger partial charge >= 0.3 is 0 Å². The van der Waals surface area contributed by atoms with Gasteiger partial charge in [0, 0.05) is 51.1 Å². The Morgan fingerprint density at radius 2 is 2.09 bits per heavy atom. The summed E-state index contributed by atoms with van der Waals surface area (Å²) in [5.41, 5.74) is 6.94. The van der Waals surface area contributed by atoms with Gasteiger partial charge in [-0.15, -0.1) is 0 Å². The maximum absolute atomic E-state index is 13.2. The van der Waals surface area contributed by atoms with E-state index in [-0.39, 0.29) is 22.8 Å². The zero-order chi connectivity index (χ0) is 23.5. The van der Waals surface area contributed by atoms with Crippen LogP contribution in [0.25, 0.3) is 5.52 Å². The molecule has 2 heterocycles. The van der Waals surface area contributed by atoms with E-state index in [1.54, 1.807) is 30.3 Å². The lowest BCUT2D eigenvalue weighted by molar-refractivity contribution is -0.385. The summed E-state index contributed by atoms with van der Waals surface area (Å²) in [5, 5.41) is 28.5. The number of nitrogens with zero attached hydrogens (tertiary/aromatic N) is 7. The second kappa shape index (κ2) is 9.00. The minimum Gasteiger partial charge on any atom is -0.372 e. The van der Waals surface area contributed by atoms with Crippen molar-refractivity contribution >= 4 is 33.1 Å². The summed E-state index contributed by atoms with van der Waals surface area (Å²) in [6.45, 7) is 0.608. The molecule has 166 valence electrons. The van der Waals surface area contributed by atoms with Crippen molar-refractivity contribution in [3.63, 3.8) is 0 Å². The molecule has 3 rings (SSSR count). The number of nitrogens with two attached hydrogens (primary N) is 1. The van der Waals surface area contributed by atoms with E-state index in [4.69, 9.17) is 11.0 Å². The van der Waals surface area contributed by atoms with Gasteiger partial charge in [-0.1, -0.05) is 0 Å². The Hall–Kier alpha value is -4.02. The predicted molar refractivity (Wildman–Crippen MR) is 118 cm³/mol. The summed E-state index contributed by atoms with van der Waals surface area (Å²) in [4.78, 5) is 11.9. The molecule has 0 aliphatic rings. The number of nitro groups is 1. The number of sulfonamides is 1. The molecule has 13 heteroatoms. The maximum Gasteiger partial charge on any atom is 0.281 e. The van der Waals surface area contributed by atoms with Crippen molar-refractivity contribution in [3.05, 3.63) is 64.0 Å². The van der Waals surface area contributed by atoms with Crippen LogP contribution in [0.4, 0.5) is 11.4 Å². The van der Waals surface area contributed by atoms with Crippen molar-refractivity contribution < 1.29 is 13.3 Å². The molecule has 0 unspecified atom stereocenters. The highest BCUT2D eigenvalue weighted by atomic mass is 32.2. The molecule has 0 amide bonds. The minimum atomic E-state index is -4.24. The number of fused-ring (bicyclic) bond motifs is 1. The molecule has 2 N–H and O–H groups in total. The largest absolute Gasteiger partial charge is 0.372 e. The Balaban J connectivity index is 2.01. The standard InChI is InChI=1S/C19H20N8O4S/c1-24(8-6-20)17-4-3-16(27(28)29)10-19(17)32(30,31)25(2)22-12-15-13-23-26-7-5-14(11-21)9-18(15)26/h3-5,7,9-10,12-13H,6,8,20H2,1-2H3/b22-12+. The SMILES string of the molecule is CN(CCN)c1ccc([N+](=O)[O-])cc1S(=O)(=O)N(C)/N=C/c1cnn2ccc(C#N)cc12. The van der Waals surface area contributed by atoms with Crippen LogP contribution in [-0.4, -0.2) is 60.8 Å². The summed E-state index contributed by atoms with van der Waals surface area (Å²) in [5.74, 6) is 0. The van der Waals surface area contributed by atoms with E-state index in [0.29, 0.717) is 23.2 Å². The molecule has 2 aromatic heterocycles. The summed E-state index contributed by atoms with van der Waals surface area (Å²) in [6, 6.07) is 8.82. The second-order valence-corrected chi connectivity index (χ2v) is 8.68. The summed E-state index contributed by atoms with van der Waals surface area (Å²) in [6.07, 6.45) is 4.38. The monoisotopic (exact) mass is 456 g/mol. The van der Waals surface area contributed by atoms with E-state index >= 15 is 0 Å².